The molecule has 0 aliphatic heterocycles. The van der Waals surface area contributed by atoms with E-state index in [0.29, 0.717) is 39.2 Å². The zero-order valence-electron chi connectivity index (χ0n) is 16.0. The van der Waals surface area contributed by atoms with Crippen LogP contribution in [0.4, 0.5) is 0 Å². The average molecular weight is 398 g/mol. The third-order valence-electron chi connectivity index (χ3n) is 5.43. The summed E-state index contributed by atoms with van der Waals surface area (Å²) in [6.45, 7) is 3.10. The number of carbonyl (C=O) groups is 1. The van der Waals surface area contributed by atoms with Crippen LogP contribution in [-0.2, 0) is 5.41 Å². The number of phenols is 1. The summed E-state index contributed by atoms with van der Waals surface area (Å²) in [5.74, 6) is 0.834. The lowest BCUT2D eigenvalue weighted by atomic mass is 9.71. The Kier molecular flexibility index (Phi) is 4.61. The molecule has 0 unspecified atom stereocenters. The Labute approximate surface area is 166 Å². The standard InChI is InChI=1S/C22H22O7/c1-22(2)15-8-12(28-10-17(26)16(25)9-23)4-6-13(15)20(27)19-14-5-3-11(24)7-18(14)29-21(19)22/h3-8,16-17,23-26H,9-10H2,1-2H3/t16-,17-/m1/s1. The van der Waals surface area contributed by atoms with Crippen LogP contribution < -0.4 is 4.74 Å². The number of aliphatic hydroxyl groups excluding tert-OH is 3. The second-order valence-electron chi connectivity index (χ2n) is 7.78. The van der Waals surface area contributed by atoms with E-state index in [9.17, 15) is 20.1 Å². The Morgan fingerprint density at radius 2 is 1.86 bits per heavy atom. The highest BCUT2D eigenvalue weighted by Crippen LogP contribution is 2.46. The summed E-state index contributed by atoms with van der Waals surface area (Å²) in [6.07, 6.45) is -2.53. The highest BCUT2D eigenvalue weighted by atomic mass is 16.5. The number of fused-ring (bicyclic) bond motifs is 4. The van der Waals surface area contributed by atoms with Crippen molar-refractivity contribution in [1.82, 2.24) is 0 Å². The lowest BCUT2D eigenvalue weighted by Gasteiger charge is -2.31. The van der Waals surface area contributed by atoms with Crippen LogP contribution in [0.1, 0.15) is 41.1 Å². The van der Waals surface area contributed by atoms with Crippen LogP contribution in [0.15, 0.2) is 40.8 Å². The van der Waals surface area contributed by atoms with Crippen molar-refractivity contribution in [2.45, 2.75) is 31.5 Å². The van der Waals surface area contributed by atoms with Crippen LogP contribution in [-0.4, -0.2) is 51.6 Å². The molecule has 3 aromatic rings. The molecule has 0 saturated carbocycles. The minimum Gasteiger partial charge on any atom is -0.508 e. The average Bonchev–Trinajstić information content (AvgIpc) is 3.09. The summed E-state index contributed by atoms with van der Waals surface area (Å²) in [6, 6.07) is 9.72. The van der Waals surface area contributed by atoms with Gasteiger partial charge in [-0.2, -0.15) is 0 Å². The van der Waals surface area contributed by atoms with Gasteiger partial charge in [0.05, 0.1) is 12.2 Å². The number of benzene rings is 2. The van der Waals surface area contributed by atoms with Crippen molar-refractivity contribution in [1.29, 1.82) is 0 Å². The van der Waals surface area contributed by atoms with Crippen molar-refractivity contribution >= 4 is 16.8 Å². The molecule has 1 heterocycles. The quantitative estimate of drug-likeness (QED) is 0.519. The van der Waals surface area contributed by atoms with Crippen LogP contribution in [0.2, 0.25) is 0 Å². The molecule has 7 heteroatoms. The van der Waals surface area contributed by atoms with Gasteiger partial charge in [-0.25, -0.2) is 0 Å². The zero-order chi connectivity index (χ0) is 20.9. The topological polar surface area (TPSA) is 120 Å². The molecular weight excluding hydrogens is 376 g/mol. The van der Waals surface area contributed by atoms with E-state index < -0.39 is 24.2 Å². The second-order valence-corrected chi connectivity index (χ2v) is 7.78. The van der Waals surface area contributed by atoms with Crippen molar-refractivity contribution in [3.63, 3.8) is 0 Å². The normalized spacial score (nSPS) is 16.9. The van der Waals surface area contributed by atoms with Crippen molar-refractivity contribution in [2.24, 2.45) is 0 Å². The first kappa shape index (κ1) is 19.4. The maximum atomic E-state index is 13.2. The molecule has 1 aliphatic carbocycles. The van der Waals surface area contributed by atoms with Gasteiger partial charge in [-0.15, -0.1) is 0 Å². The SMILES string of the molecule is CC1(C)c2cc(OC[C@@H](O)[C@H](O)CO)ccc2C(=O)c2c1oc1cc(O)ccc21. The van der Waals surface area contributed by atoms with E-state index in [2.05, 4.69) is 0 Å². The van der Waals surface area contributed by atoms with E-state index in [4.69, 9.17) is 14.3 Å². The first-order valence-corrected chi connectivity index (χ1v) is 9.29. The number of ether oxygens (including phenoxy) is 1. The van der Waals surface area contributed by atoms with E-state index in [-0.39, 0.29) is 18.1 Å². The number of aromatic hydroxyl groups is 1. The minimum atomic E-state index is -1.29. The van der Waals surface area contributed by atoms with E-state index in [1.54, 1.807) is 24.3 Å². The second kappa shape index (κ2) is 6.88. The van der Waals surface area contributed by atoms with Gasteiger partial charge in [-0.05, 0) is 49.7 Å². The molecule has 1 aliphatic rings. The molecule has 2 atom stereocenters. The van der Waals surface area contributed by atoms with Gasteiger partial charge in [0.15, 0.2) is 5.78 Å². The van der Waals surface area contributed by atoms with Crippen molar-refractivity contribution in [3.8, 4) is 11.5 Å². The largest absolute Gasteiger partial charge is 0.508 e. The van der Waals surface area contributed by atoms with Gasteiger partial charge in [0.2, 0.25) is 0 Å². The Hall–Kier alpha value is -2.87. The van der Waals surface area contributed by atoms with E-state index in [1.165, 1.54) is 12.1 Å². The molecule has 0 spiro atoms. The van der Waals surface area contributed by atoms with Crippen molar-refractivity contribution in [3.05, 3.63) is 58.8 Å². The molecule has 0 radical (unpaired) electrons. The van der Waals surface area contributed by atoms with E-state index >= 15 is 0 Å². The highest BCUT2D eigenvalue weighted by molar-refractivity contribution is 6.19. The minimum absolute atomic E-state index is 0.0608. The fraction of sp³-hybridized carbons (Fsp3) is 0.318. The van der Waals surface area contributed by atoms with Gasteiger partial charge in [0.25, 0.3) is 0 Å². The molecule has 0 bridgehead atoms. The maximum Gasteiger partial charge on any atom is 0.197 e. The van der Waals surface area contributed by atoms with Gasteiger partial charge < -0.3 is 29.6 Å². The van der Waals surface area contributed by atoms with Crippen LogP contribution in [0.3, 0.4) is 0 Å². The third kappa shape index (κ3) is 3.07. The first-order valence-electron chi connectivity index (χ1n) is 9.29. The van der Waals surface area contributed by atoms with Crippen molar-refractivity contribution in [2.75, 3.05) is 13.2 Å². The summed E-state index contributed by atoms with van der Waals surface area (Å²) in [5.41, 5.74) is 1.54. The summed E-state index contributed by atoms with van der Waals surface area (Å²) in [4.78, 5) is 13.2. The zero-order valence-corrected chi connectivity index (χ0v) is 16.0. The summed E-state index contributed by atoms with van der Waals surface area (Å²) < 4.78 is 11.5. The molecule has 0 saturated heterocycles. The Balaban J connectivity index is 1.74. The molecule has 152 valence electrons. The Bertz CT molecular complexity index is 1100. The van der Waals surface area contributed by atoms with Crippen LogP contribution in [0, 0.1) is 0 Å². The van der Waals surface area contributed by atoms with Crippen LogP contribution in [0.25, 0.3) is 11.0 Å². The number of furan rings is 1. The predicted molar refractivity (Wildman–Crippen MR) is 104 cm³/mol. The van der Waals surface area contributed by atoms with E-state index in [1.807, 2.05) is 13.8 Å². The maximum absolute atomic E-state index is 13.2. The molecular formula is C22H22O7. The number of hydrogen-bond donors (Lipinski definition) is 4. The molecule has 0 fully saturated rings. The molecule has 1 aromatic heterocycles. The lowest BCUT2D eigenvalue weighted by Crippen LogP contribution is -2.34. The fourth-order valence-corrected chi connectivity index (χ4v) is 3.75. The highest BCUT2D eigenvalue weighted by Gasteiger charge is 2.41. The number of phenolic OH excluding ortho intramolecular Hbond substituents is 1. The van der Waals surface area contributed by atoms with E-state index in [0.717, 1.165) is 0 Å². The van der Waals surface area contributed by atoms with Gasteiger partial charge in [0, 0.05) is 22.4 Å². The summed E-state index contributed by atoms with van der Waals surface area (Å²) in [5, 5.41) is 38.5. The predicted octanol–water partition coefficient (Wildman–Crippen LogP) is 2.10. The van der Waals surface area contributed by atoms with Crippen molar-refractivity contribution < 1.29 is 34.4 Å². The molecule has 7 nitrogen and oxygen atoms in total. The number of ketones is 1. The smallest absolute Gasteiger partial charge is 0.197 e. The third-order valence-corrected chi connectivity index (χ3v) is 5.43. The van der Waals surface area contributed by atoms with Crippen LogP contribution >= 0.6 is 0 Å². The van der Waals surface area contributed by atoms with Crippen LogP contribution in [0.5, 0.6) is 11.5 Å². The molecule has 2 aromatic carbocycles. The molecule has 29 heavy (non-hydrogen) atoms. The molecule has 0 amide bonds. The molecule has 4 N–H and O–H groups in total. The van der Waals surface area contributed by atoms with Gasteiger partial charge in [0.1, 0.15) is 41.7 Å². The first-order chi connectivity index (χ1) is 13.7. The monoisotopic (exact) mass is 398 g/mol. The number of hydrogen-bond acceptors (Lipinski definition) is 7. The Morgan fingerprint density at radius 1 is 1.10 bits per heavy atom. The van der Waals surface area contributed by atoms with Gasteiger partial charge in [-0.1, -0.05) is 0 Å². The van der Waals surface area contributed by atoms with Gasteiger partial charge >= 0.3 is 0 Å². The number of carbonyl (C=O) groups excluding carboxylic acids is 1. The number of rotatable bonds is 5. The lowest BCUT2D eigenvalue weighted by molar-refractivity contribution is -0.0339. The Morgan fingerprint density at radius 3 is 2.59 bits per heavy atom. The van der Waals surface area contributed by atoms with Gasteiger partial charge in [-0.3, -0.25) is 4.79 Å². The summed E-state index contributed by atoms with van der Waals surface area (Å²) in [7, 11) is 0. The fourth-order valence-electron chi connectivity index (χ4n) is 3.75. The molecule has 4 rings (SSSR count). The summed E-state index contributed by atoms with van der Waals surface area (Å²) >= 11 is 0. The number of aliphatic hydroxyl groups is 3.